The number of aromatic nitrogens is 1. The molecule has 0 N–H and O–H groups in total. The van der Waals surface area contributed by atoms with Crippen molar-refractivity contribution >= 4 is 16.6 Å². The van der Waals surface area contributed by atoms with Gasteiger partial charge in [0, 0.05) is 27.2 Å². The third-order valence-corrected chi connectivity index (χ3v) is 6.18. The number of Topliss-reactive ketones (excluding diaryl/α,β-unsaturated/α-hetero) is 1. The average Bonchev–Trinajstić information content (AvgIpc) is 2.61. The highest BCUT2D eigenvalue weighted by Crippen LogP contribution is 2.39. The van der Waals surface area contributed by atoms with E-state index < -0.39 is 22.7 Å². The molecule has 2 unspecified atom stereocenters. The zero-order valence-electron chi connectivity index (χ0n) is 10.1. The van der Waals surface area contributed by atoms with Gasteiger partial charge in [-0.3, -0.25) is 9.00 Å². The van der Waals surface area contributed by atoms with Gasteiger partial charge in [0.15, 0.2) is 5.78 Å². The van der Waals surface area contributed by atoms with Gasteiger partial charge < -0.3 is 0 Å². The first-order chi connectivity index (χ1) is 9.06. The first-order valence-corrected chi connectivity index (χ1v) is 7.59. The summed E-state index contributed by atoms with van der Waals surface area (Å²) >= 11 is 0. The molecule has 2 fully saturated rings. The smallest absolute Gasteiger partial charge is 0.226 e. The number of hydrogen-bond donors (Lipinski definition) is 0. The second kappa shape index (κ2) is 4.74. The van der Waals surface area contributed by atoms with Crippen molar-refractivity contribution in [1.82, 2.24) is 4.98 Å². The maximum Gasteiger partial charge on any atom is 0.226 e. The summed E-state index contributed by atoms with van der Waals surface area (Å²) in [5.74, 6) is -2.63. The van der Waals surface area contributed by atoms with Gasteiger partial charge in [-0.2, -0.15) is 13.8 Å². The van der Waals surface area contributed by atoms with Crippen molar-refractivity contribution in [2.24, 2.45) is 5.92 Å². The number of halogens is 2. The van der Waals surface area contributed by atoms with Gasteiger partial charge in [0.2, 0.25) is 11.9 Å². The lowest BCUT2D eigenvalue weighted by atomic mass is 9.91. The van der Waals surface area contributed by atoms with Crippen LogP contribution in [-0.4, -0.2) is 25.5 Å². The zero-order chi connectivity index (χ0) is 13.6. The van der Waals surface area contributed by atoms with Crippen molar-refractivity contribution in [1.29, 1.82) is 0 Å². The topological polar surface area (TPSA) is 47.0 Å². The van der Waals surface area contributed by atoms with Crippen LogP contribution in [0.4, 0.5) is 8.78 Å². The summed E-state index contributed by atoms with van der Waals surface area (Å²) in [6.07, 6.45) is 2.84. The molecule has 2 bridgehead atoms. The SMILES string of the molecule is O=C(c1ccc(F)nc1F)C1CC2CCC(C1)S2=O. The molecule has 0 aliphatic carbocycles. The quantitative estimate of drug-likeness (QED) is 0.618. The predicted molar refractivity (Wildman–Crippen MR) is 66.2 cm³/mol. The van der Waals surface area contributed by atoms with E-state index in [1.54, 1.807) is 0 Å². The van der Waals surface area contributed by atoms with E-state index in [2.05, 4.69) is 4.98 Å². The van der Waals surface area contributed by atoms with E-state index in [9.17, 15) is 17.8 Å². The monoisotopic (exact) mass is 285 g/mol. The molecule has 3 heterocycles. The largest absolute Gasteiger partial charge is 0.294 e. The second-order valence-corrected chi connectivity index (χ2v) is 7.15. The Morgan fingerprint density at radius 1 is 1.21 bits per heavy atom. The molecule has 0 amide bonds. The molecule has 6 heteroatoms. The summed E-state index contributed by atoms with van der Waals surface area (Å²) < 4.78 is 38.1. The second-order valence-electron chi connectivity index (χ2n) is 5.15. The zero-order valence-corrected chi connectivity index (χ0v) is 11.0. The van der Waals surface area contributed by atoms with Crippen LogP contribution < -0.4 is 0 Å². The number of carbonyl (C=O) groups is 1. The van der Waals surface area contributed by atoms with Gasteiger partial charge >= 0.3 is 0 Å². The van der Waals surface area contributed by atoms with Crippen LogP contribution in [0.5, 0.6) is 0 Å². The van der Waals surface area contributed by atoms with Gasteiger partial charge in [-0.15, -0.1) is 0 Å². The fraction of sp³-hybridized carbons (Fsp3) is 0.538. The fourth-order valence-electron chi connectivity index (χ4n) is 3.06. The Hall–Kier alpha value is -1.17. The molecule has 2 aliphatic rings. The number of carbonyl (C=O) groups excluding carboxylic acids is 1. The molecule has 0 aromatic carbocycles. The van der Waals surface area contributed by atoms with Crippen molar-refractivity contribution in [3.63, 3.8) is 0 Å². The molecule has 102 valence electrons. The van der Waals surface area contributed by atoms with E-state index in [-0.39, 0.29) is 27.8 Å². The van der Waals surface area contributed by atoms with Crippen molar-refractivity contribution in [3.05, 3.63) is 29.6 Å². The normalized spacial score (nSPS) is 33.4. The van der Waals surface area contributed by atoms with Crippen LogP contribution in [0.3, 0.4) is 0 Å². The van der Waals surface area contributed by atoms with Gasteiger partial charge in [0.1, 0.15) is 0 Å². The number of ketones is 1. The van der Waals surface area contributed by atoms with Crippen LogP contribution >= 0.6 is 0 Å². The van der Waals surface area contributed by atoms with Gasteiger partial charge in [-0.05, 0) is 37.8 Å². The molecule has 0 saturated carbocycles. The number of nitrogens with zero attached hydrogens (tertiary/aromatic N) is 1. The van der Waals surface area contributed by atoms with E-state index in [1.165, 1.54) is 0 Å². The molecule has 2 aliphatic heterocycles. The number of pyridine rings is 1. The number of fused-ring (bicyclic) bond motifs is 2. The Balaban J connectivity index is 1.83. The van der Waals surface area contributed by atoms with Crippen molar-refractivity contribution < 1.29 is 17.8 Å². The maximum absolute atomic E-state index is 13.5. The van der Waals surface area contributed by atoms with E-state index in [4.69, 9.17) is 0 Å². The summed E-state index contributed by atoms with van der Waals surface area (Å²) in [4.78, 5) is 15.3. The van der Waals surface area contributed by atoms with Gasteiger partial charge in [0.05, 0.1) is 5.56 Å². The fourth-order valence-corrected chi connectivity index (χ4v) is 5.19. The summed E-state index contributed by atoms with van der Waals surface area (Å²) in [6, 6.07) is 2.14. The van der Waals surface area contributed by atoms with E-state index in [0.717, 1.165) is 25.0 Å². The van der Waals surface area contributed by atoms with Crippen molar-refractivity contribution in [2.45, 2.75) is 36.2 Å². The van der Waals surface area contributed by atoms with Crippen LogP contribution in [0.2, 0.25) is 0 Å². The lowest BCUT2D eigenvalue weighted by molar-refractivity contribution is 0.0900. The van der Waals surface area contributed by atoms with E-state index >= 15 is 0 Å². The Bertz CT molecular complexity index is 548. The van der Waals surface area contributed by atoms with Crippen LogP contribution in [0.25, 0.3) is 0 Å². The lowest BCUT2D eigenvalue weighted by Gasteiger charge is -2.26. The molecular formula is C13H13F2NO2S. The van der Waals surface area contributed by atoms with Crippen LogP contribution in [0, 0.1) is 17.8 Å². The third-order valence-electron chi connectivity index (χ3n) is 4.01. The summed E-state index contributed by atoms with van der Waals surface area (Å²) in [5.41, 5.74) is -0.154. The molecule has 1 aromatic rings. The molecule has 3 nitrogen and oxygen atoms in total. The molecule has 0 spiro atoms. The van der Waals surface area contributed by atoms with Gasteiger partial charge in [-0.1, -0.05) is 0 Å². The average molecular weight is 285 g/mol. The minimum atomic E-state index is -1.05. The highest BCUT2D eigenvalue weighted by atomic mass is 32.2. The van der Waals surface area contributed by atoms with Gasteiger partial charge in [0.25, 0.3) is 0 Å². The van der Waals surface area contributed by atoms with Gasteiger partial charge in [-0.25, -0.2) is 0 Å². The Labute approximate surface area is 111 Å². The standard InChI is InChI=1S/C13H13F2NO2S/c14-11-4-3-10(13(15)16-11)12(17)7-5-8-1-2-9(6-7)19(8)18/h3-4,7-9H,1-2,5-6H2. The number of hydrogen-bond acceptors (Lipinski definition) is 3. The van der Waals surface area contributed by atoms with E-state index in [1.807, 2.05) is 0 Å². The minimum Gasteiger partial charge on any atom is -0.294 e. The van der Waals surface area contributed by atoms with Crippen molar-refractivity contribution in [3.8, 4) is 0 Å². The van der Waals surface area contributed by atoms with Crippen LogP contribution in [0.15, 0.2) is 12.1 Å². The van der Waals surface area contributed by atoms with Crippen LogP contribution in [0.1, 0.15) is 36.0 Å². The Morgan fingerprint density at radius 3 is 2.42 bits per heavy atom. The highest BCUT2D eigenvalue weighted by Gasteiger charge is 2.43. The van der Waals surface area contributed by atoms with Crippen LogP contribution in [-0.2, 0) is 10.8 Å². The first kappa shape index (κ1) is 12.8. The molecule has 2 saturated heterocycles. The van der Waals surface area contributed by atoms with Crippen molar-refractivity contribution in [2.75, 3.05) is 0 Å². The summed E-state index contributed by atoms with van der Waals surface area (Å²) in [6.45, 7) is 0. The van der Waals surface area contributed by atoms with E-state index in [0.29, 0.717) is 12.8 Å². The molecule has 0 radical (unpaired) electrons. The predicted octanol–water partition coefficient (Wildman–Crippen LogP) is 2.23. The minimum absolute atomic E-state index is 0.0594. The Morgan fingerprint density at radius 2 is 1.84 bits per heavy atom. The summed E-state index contributed by atoms with van der Waals surface area (Å²) in [7, 11) is -0.843. The molecule has 19 heavy (non-hydrogen) atoms. The molecule has 2 atom stereocenters. The maximum atomic E-state index is 13.5. The molecule has 3 rings (SSSR count). The third kappa shape index (κ3) is 2.22. The summed E-state index contributed by atoms with van der Waals surface area (Å²) in [5, 5.41) is 0.119. The highest BCUT2D eigenvalue weighted by molar-refractivity contribution is 7.86. The number of rotatable bonds is 2. The molecule has 1 aromatic heterocycles. The lowest BCUT2D eigenvalue weighted by Crippen LogP contribution is -2.32. The Kier molecular flexibility index (Phi) is 3.20. The first-order valence-electron chi connectivity index (χ1n) is 6.32. The molecular weight excluding hydrogens is 272 g/mol.